The molecule has 2 atom stereocenters. The van der Waals surface area contributed by atoms with E-state index in [9.17, 15) is 8.42 Å². The Balaban J connectivity index is 0.00000364. The number of aliphatic imine (C=N–C) groups is 1. The number of guanidine groups is 1. The van der Waals surface area contributed by atoms with Gasteiger partial charge < -0.3 is 10.6 Å². The summed E-state index contributed by atoms with van der Waals surface area (Å²) in [5, 5.41) is 7.02. The van der Waals surface area contributed by atoms with Gasteiger partial charge in [-0.2, -0.15) is 0 Å². The molecule has 1 aliphatic carbocycles. The van der Waals surface area contributed by atoms with E-state index in [1.54, 1.807) is 4.31 Å². The quantitative estimate of drug-likeness (QED) is 0.325. The largest absolute Gasteiger partial charge is 0.356 e. The van der Waals surface area contributed by atoms with Crippen LogP contribution in [0.25, 0.3) is 0 Å². The second-order valence-corrected chi connectivity index (χ2v) is 10.2. The van der Waals surface area contributed by atoms with Gasteiger partial charge in [-0.25, -0.2) is 12.7 Å². The molecule has 0 radical (unpaired) electrons. The van der Waals surface area contributed by atoms with E-state index in [0.29, 0.717) is 31.0 Å². The van der Waals surface area contributed by atoms with Gasteiger partial charge in [0.25, 0.3) is 0 Å². The molecule has 27 heavy (non-hydrogen) atoms. The third-order valence-electron chi connectivity index (χ3n) is 6.37. The van der Waals surface area contributed by atoms with Crippen molar-refractivity contribution in [3.05, 3.63) is 0 Å². The van der Waals surface area contributed by atoms with Gasteiger partial charge in [0.15, 0.2) is 5.96 Å². The molecule has 0 aromatic carbocycles. The minimum absolute atomic E-state index is 0. The Morgan fingerprint density at radius 1 is 1.11 bits per heavy atom. The minimum atomic E-state index is -3.04. The second kappa shape index (κ2) is 11.8. The van der Waals surface area contributed by atoms with Crippen molar-refractivity contribution in [1.82, 2.24) is 14.9 Å². The first-order valence-electron chi connectivity index (χ1n) is 10.2. The van der Waals surface area contributed by atoms with E-state index >= 15 is 0 Å². The molecule has 2 rings (SSSR count). The van der Waals surface area contributed by atoms with E-state index < -0.39 is 10.0 Å². The van der Waals surface area contributed by atoms with E-state index in [-0.39, 0.29) is 24.0 Å². The molecule has 2 unspecified atom stereocenters. The molecule has 2 aliphatic rings. The van der Waals surface area contributed by atoms with Crippen LogP contribution in [-0.2, 0) is 10.0 Å². The van der Waals surface area contributed by atoms with Crippen molar-refractivity contribution < 1.29 is 8.42 Å². The van der Waals surface area contributed by atoms with E-state index in [4.69, 9.17) is 0 Å². The third kappa shape index (κ3) is 8.04. The van der Waals surface area contributed by atoms with Crippen LogP contribution in [-0.4, -0.2) is 57.7 Å². The maximum absolute atomic E-state index is 11.6. The van der Waals surface area contributed by atoms with Crippen molar-refractivity contribution in [3.63, 3.8) is 0 Å². The standard InChI is InChI=1S/C19H38N4O2S.HI/c1-15(18-8-6-5-7-9-18)16(2)22-19(20-3)21-14-17-10-12-23(13-11-17)26(4,24)25;/h15-18H,5-14H2,1-4H3,(H2,20,21,22);1H. The average molecular weight is 515 g/mol. The van der Waals surface area contributed by atoms with Gasteiger partial charge in [-0.05, 0) is 37.5 Å². The predicted octanol–water partition coefficient (Wildman–Crippen LogP) is 3.05. The van der Waals surface area contributed by atoms with Gasteiger partial charge in [-0.1, -0.05) is 39.0 Å². The number of sulfonamides is 1. The number of nitrogens with one attached hydrogen (secondary N) is 2. The molecule has 6 nitrogen and oxygen atoms in total. The van der Waals surface area contributed by atoms with Gasteiger partial charge in [0.2, 0.25) is 10.0 Å². The summed E-state index contributed by atoms with van der Waals surface area (Å²) in [7, 11) is -1.23. The molecule has 2 fully saturated rings. The average Bonchev–Trinajstić information content (AvgIpc) is 2.64. The lowest BCUT2D eigenvalue weighted by Gasteiger charge is -2.33. The Morgan fingerprint density at radius 3 is 2.22 bits per heavy atom. The number of halogens is 1. The fraction of sp³-hybridized carbons (Fsp3) is 0.947. The summed E-state index contributed by atoms with van der Waals surface area (Å²) in [6.45, 7) is 6.74. The normalized spacial score (nSPS) is 23.3. The van der Waals surface area contributed by atoms with Gasteiger partial charge in [0.1, 0.15) is 0 Å². The zero-order valence-electron chi connectivity index (χ0n) is 17.4. The lowest BCUT2D eigenvalue weighted by molar-refractivity contribution is 0.229. The molecular weight excluding hydrogens is 475 g/mol. The van der Waals surface area contributed by atoms with Gasteiger partial charge in [0, 0.05) is 32.7 Å². The van der Waals surface area contributed by atoms with Gasteiger partial charge >= 0.3 is 0 Å². The lowest BCUT2D eigenvalue weighted by Crippen LogP contribution is -2.48. The Morgan fingerprint density at radius 2 is 1.70 bits per heavy atom. The van der Waals surface area contributed by atoms with Gasteiger partial charge in [-0.3, -0.25) is 4.99 Å². The molecule has 2 N–H and O–H groups in total. The molecule has 1 saturated heterocycles. The van der Waals surface area contributed by atoms with Gasteiger partial charge in [-0.15, -0.1) is 24.0 Å². The number of rotatable bonds is 6. The highest BCUT2D eigenvalue weighted by Crippen LogP contribution is 2.31. The Hall–Kier alpha value is -0.0900. The summed E-state index contributed by atoms with van der Waals surface area (Å²) in [4.78, 5) is 4.38. The number of piperidine rings is 1. The van der Waals surface area contributed by atoms with E-state index in [1.807, 2.05) is 7.05 Å². The molecular formula is C19H39IN4O2S. The van der Waals surface area contributed by atoms with Crippen LogP contribution >= 0.6 is 24.0 Å². The van der Waals surface area contributed by atoms with Crippen LogP contribution in [0.1, 0.15) is 58.8 Å². The highest BCUT2D eigenvalue weighted by atomic mass is 127. The van der Waals surface area contributed by atoms with Crippen LogP contribution in [0.4, 0.5) is 0 Å². The molecule has 160 valence electrons. The first-order chi connectivity index (χ1) is 12.3. The first-order valence-corrected chi connectivity index (χ1v) is 12.1. The van der Waals surface area contributed by atoms with Crippen molar-refractivity contribution in [2.45, 2.75) is 64.8 Å². The number of hydrogen-bond acceptors (Lipinski definition) is 3. The van der Waals surface area contributed by atoms with Crippen LogP contribution in [0.5, 0.6) is 0 Å². The van der Waals surface area contributed by atoms with Crippen LogP contribution in [0, 0.1) is 17.8 Å². The highest BCUT2D eigenvalue weighted by molar-refractivity contribution is 14.0. The molecule has 0 spiro atoms. The summed E-state index contributed by atoms with van der Waals surface area (Å²) >= 11 is 0. The summed E-state index contributed by atoms with van der Waals surface area (Å²) in [5.74, 6) is 2.83. The van der Waals surface area contributed by atoms with Crippen molar-refractivity contribution in [1.29, 1.82) is 0 Å². The van der Waals surface area contributed by atoms with Crippen LogP contribution < -0.4 is 10.6 Å². The summed E-state index contributed by atoms with van der Waals surface area (Å²) < 4.78 is 24.8. The fourth-order valence-corrected chi connectivity index (χ4v) is 5.17. The third-order valence-corrected chi connectivity index (χ3v) is 7.67. The predicted molar refractivity (Wildman–Crippen MR) is 124 cm³/mol. The van der Waals surface area contributed by atoms with E-state index in [1.165, 1.54) is 38.4 Å². The molecule has 1 saturated carbocycles. The molecule has 1 heterocycles. The van der Waals surface area contributed by atoms with E-state index in [2.05, 4.69) is 29.5 Å². The Kier molecular flexibility index (Phi) is 10.9. The fourth-order valence-electron chi connectivity index (χ4n) is 4.30. The highest BCUT2D eigenvalue weighted by Gasteiger charge is 2.26. The second-order valence-electron chi connectivity index (χ2n) is 8.25. The van der Waals surface area contributed by atoms with Crippen molar-refractivity contribution in [2.24, 2.45) is 22.7 Å². The molecule has 0 aromatic rings. The molecule has 0 bridgehead atoms. The number of nitrogens with zero attached hydrogens (tertiary/aromatic N) is 2. The lowest BCUT2D eigenvalue weighted by atomic mass is 9.78. The van der Waals surface area contributed by atoms with Crippen molar-refractivity contribution in [2.75, 3.05) is 32.9 Å². The Bertz CT molecular complexity index is 556. The van der Waals surface area contributed by atoms with E-state index in [0.717, 1.165) is 31.3 Å². The van der Waals surface area contributed by atoms with Gasteiger partial charge in [0.05, 0.1) is 6.26 Å². The first kappa shape index (κ1) is 24.9. The summed E-state index contributed by atoms with van der Waals surface area (Å²) in [5.41, 5.74) is 0. The zero-order chi connectivity index (χ0) is 19.2. The van der Waals surface area contributed by atoms with Crippen LogP contribution in [0.15, 0.2) is 4.99 Å². The maximum Gasteiger partial charge on any atom is 0.211 e. The number of hydrogen-bond donors (Lipinski definition) is 2. The van der Waals surface area contributed by atoms with Crippen molar-refractivity contribution in [3.8, 4) is 0 Å². The summed E-state index contributed by atoms with van der Waals surface area (Å²) in [6.07, 6.45) is 9.98. The van der Waals surface area contributed by atoms with Crippen LogP contribution in [0.3, 0.4) is 0 Å². The monoisotopic (exact) mass is 514 g/mol. The smallest absolute Gasteiger partial charge is 0.211 e. The minimum Gasteiger partial charge on any atom is -0.356 e. The SMILES string of the molecule is CN=C(NCC1CCN(S(C)(=O)=O)CC1)NC(C)C(C)C1CCCCC1.I. The molecule has 0 amide bonds. The van der Waals surface area contributed by atoms with Crippen LogP contribution in [0.2, 0.25) is 0 Å². The molecule has 1 aliphatic heterocycles. The molecule has 0 aromatic heterocycles. The topological polar surface area (TPSA) is 73.8 Å². The molecule has 8 heteroatoms. The zero-order valence-corrected chi connectivity index (χ0v) is 20.6. The maximum atomic E-state index is 11.6. The van der Waals surface area contributed by atoms with Crippen molar-refractivity contribution >= 4 is 40.0 Å². The Labute approximate surface area is 183 Å². The summed E-state index contributed by atoms with van der Waals surface area (Å²) in [6, 6.07) is 0.399.